The van der Waals surface area contributed by atoms with E-state index in [1.54, 1.807) is 0 Å². The summed E-state index contributed by atoms with van der Waals surface area (Å²) in [7, 11) is 0. The van der Waals surface area contributed by atoms with E-state index in [-0.39, 0.29) is 17.0 Å². The van der Waals surface area contributed by atoms with Crippen LogP contribution in [0.25, 0.3) is 0 Å². The van der Waals surface area contributed by atoms with Gasteiger partial charge < -0.3 is 10.4 Å². The molecule has 1 fully saturated rings. The minimum Gasteiger partial charge on any atom is -0.478 e. The van der Waals surface area contributed by atoms with E-state index >= 15 is 0 Å². The van der Waals surface area contributed by atoms with E-state index in [1.165, 1.54) is 31.3 Å². The molecule has 18 heavy (non-hydrogen) atoms. The van der Waals surface area contributed by atoms with Crippen LogP contribution in [0.15, 0.2) is 18.5 Å². The number of carbonyl (C=O) groups is 2. The molecule has 0 spiro atoms. The molecule has 5 nitrogen and oxygen atoms in total. The minimum atomic E-state index is -1.13. The van der Waals surface area contributed by atoms with Gasteiger partial charge in [-0.1, -0.05) is 12.8 Å². The Hall–Kier alpha value is -1.91. The van der Waals surface area contributed by atoms with Crippen LogP contribution in [0.4, 0.5) is 0 Å². The summed E-state index contributed by atoms with van der Waals surface area (Å²) < 4.78 is 0. The van der Waals surface area contributed by atoms with Crippen LogP contribution in [0.2, 0.25) is 0 Å². The molecule has 0 saturated heterocycles. The van der Waals surface area contributed by atoms with Crippen molar-refractivity contribution in [3.8, 4) is 0 Å². The second-order valence-corrected chi connectivity index (χ2v) is 4.59. The molecule has 1 aliphatic rings. The minimum absolute atomic E-state index is 0.0542. The number of carboxylic acids is 1. The Morgan fingerprint density at radius 2 is 2.06 bits per heavy atom. The normalized spacial score (nSPS) is 15.6. The number of pyridine rings is 1. The molecule has 0 unspecified atom stereocenters. The number of amides is 1. The van der Waals surface area contributed by atoms with Crippen LogP contribution >= 0.6 is 0 Å². The summed E-state index contributed by atoms with van der Waals surface area (Å²) in [4.78, 5) is 26.6. The second-order valence-electron chi connectivity index (χ2n) is 4.59. The lowest BCUT2D eigenvalue weighted by atomic mass is 10.1. The third kappa shape index (κ3) is 2.85. The van der Waals surface area contributed by atoms with Gasteiger partial charge in [0, 0.05) is 18.9 Å². The van der Waals surface area contributed by atoms with Gasteiger partial charge in [-0.05, 0) is 24.8 Å². The average Bonchev–Trinajstić information content (AvgIpc) is 2.89. The zero-order chi connectivity index (χ0) is 13.0. The summed E-state index contributed by atoms with van der Waals surface area (Å²) in [5.74, 6) is -0.931. The van der Waals surface area contributed by atoms with Crippen LogP contribution in [0.1, 0.15) is 46.4 Å². The maximum absolute atomic E-state index is 11.9. The van der Waals surface area contributed by atoms with Crippen molar-refractivity contribution >= 4 is 11.9 Å². The first-order valence-corrected chi connectivity index (χ1v) is 6.14. The van der Waals surface area contributed by atoms with Gasteiger partial charge in [0.1, 0.15) is 0 Å². The van der Waals surface area contributed by atoms with Crippen molar-refractivity contribution in [3.63, 3.8) is 0 Å². The Morgan fingerprint density at radius 1 is 1.33 bits per heavy atom. The lowest BCUT2D eigenvalue weighted by molar-refractivity contribution is 0.0690. The van der Waals surface area contributed by atoms with E-state index in [0.29, 0.717) is 12.5 Å². The molecule has 0 aliphatic heterocycles. The highest BCUT2D eigenvalue weighted by Gasteiger charge is 2.19. The van der Waals surface area contributed by atoms with Crippen LogP contribution in [-0.4, -0.2) is 28.5 Å². The number of aromatic carboxylic acids is 1. The van der Waals surface area contributed by atoms with E-state index in [1.807, 2.05) is 0 Å². The van der Waals surface area contributed by atoms with Gasteiger partial charge in [-0.25, -0.2) is 4.79 Å². The maximum Gasteiger partial charge on any atom is 0.338 e. The smallest absolute Gasteiger partial charge is 0.338 e. The van der Waals surface area contributed by atoms with E-state index in [4.69, 9.17) is 5.11 Å². The summed E-state index contributed by atoms with van der Waals surface area (Å²) in [5, 5.41) is 11.8. The fourth-order valence-electron chi connectivity index (χ4n) is 2.31. The molecule has 96 valence electrons. The highest BCUT2D eigenvalue weighted by atomic mass is 16.4. The van der Waals surface area contributed by atoms with E-state index in [9.17, 15) is 9.59 Å². The molecule has 1 heterocycles. The van der Waals surface area contributed by atoms with Crippen LogP contribution in [0.3, 0.4) is 0 Å². The van der Waals surface area contributed by atoms with Crippen LogP contribution in [0.5, 0.6) is 0 Å². The number of aromatic nitrogens is 1. The van der Waals surface area contributed by atoms with Gasteiger partial charge >= 0.3 is 5.97 Å². The maximum atomic E-state index is 11.9. The lowest BCUT2D eigenvalue weighted by Crippen LogP contribution is -2.29. The summed E-state index contributed by atoms with van der Waals surface area (Å²) in [5.41, 5.74) is 0.122. The first-order valence-electron chi connectivity index (χ1n) is 6.14. The third-order valence-electron chi connectivity index (χ3n) is 3.32. The van der Waals surface area contributed by atoms with Gasteiger partial charge in [0.25, 0.3) is 5.91 Å². The predicted molar refractivity (Wildman–Crippen MR) is 65.5 cm³/mol. The highest BCUT2D eigenvalue weighted by molar-refractivity contribution is 6.04. The van der Waals surface area contributed by atoms with Gasteiger partial charge in [0.15, 0.2) is 0 Å². The molecule has 1 aromatic heterocycles. The van der Waals surface area contributed by atoms with Crippen molar-refractivity contribution in [1.29, 1.82) is 0 Å². The number of hydrogen-bond acceptors (Lipinski definition) is 3. The molecule has 0 radical (unpaired) electrons. The Balaban J connectivity index is 2.01. The quantitative estimate of drug-likeness (QED) is 0.850. The van der Waals surface area contributed by atoms with Gasteiger partial charge in [-0.2, -0.15) is 0 Å². The van der Waals surface area contributed by atoms with Crippen LogP contribution in [0, 0.1) is 5.92 Å². The van der Waals surface area contributed by atoms with Crippen molar-refractivity contribution < 1.29 is 14.7 Å². The average molecular weight is 248 g/mol. The number of nitrogens with zero attached hydrogens (tertiary/aromatic N) is 1. The molecular weight excluding hydrogens is 232 g/mol. The largest absolute Gasteiger partial charge is 0.478 e. The Kier molecular flexibility index (Phi) is 3.92. The van der Waals surface area contributed by atoms with E-state index in [0.717, 1.165) is 12.8 Å². The molecule has 1 saturated carbocycles. The van der Waals surface area contributed by atoms with Crippen molar-refractivity contribution in [2.24, 2.45) is 5.92 Å². The monoisotopic (exact) mass is 248 g/mol. The summed E-state index contributed by atoms with van der Waals surface area (Å²) in [6.45, 7) is 0.625. The molecule has 2 N–H and O–H groups in total. The zero-order valence-electron chi connectivity index (χ0n) is 10.1. The molecule has 5 heteroatoms. The van der Waals surface area contributed by atoms with Crippen molar-refractivity contribution in [1.82, 2.24) is 10.3 Å². The number of hydrogen-bond donors (Lipinski definition) is 2. The second kappa shape index (κ2) is 5.62. The van der Waals surface area contributed by atoms with Gasteiger partial charge in [-0.3, -0.25) is 9.78 Å². The van der Waals surface area contributed by atoms with Crippen molar-refractivity contribution in [2.45, 2.75) is 25.7 Å². The fourth-order valence-corrected chi connectivity index (χ4v) is 2.31. The Morgan fingerprint density at radius 3 is 2.72 bits per heavy atom. The van der Waals surface area contributed by atoms with Crippen LogP contribution < -0.4 is 5.32 Å². The zero-order valence-corrected chi connectivity index (χ0v) is 10.1. The topological polar surface area (TPSA) is 79.3 Å². The molecule has 0 atom stereocenters. The summed E-state index contributed by atoms with van der Waals surface area (Å²) in [6.07, 6.45) is 7.35. The van der Waals surface area contributed by atoms with Gasteiger partial charge in [0.2, 0.25) is 0 Å². The Bertz CT molecular complexity index is 453. The predicted octanol–water partition coefficient (Wildman–Crippen LogP) is 1.70. The number of rotatable bonds is 4. The molecule has 0 bridgehead atoms. The third-order valence-corrected chi connectivity index (χ3v) is 3.32. The molecule has 1 aromatic rings. The number of carbonyl (C=O) groups excluding carboxylic acids is 1. The molecule has 0 aromatic carbocycles. The molecule has 1 aliphatic carbocycles. The first-order chi connectivity index (χ1) is 8.68. The summed E-state index contributed by atoms with van der Waals surface area (Å²) in [6, 6.07) is 1.44. The first kappa shape index (κ1) is 12.5. The van der Waals surface area contributed by atoms with E-state index in [2.05, 4.69) is 10.3 Å². The fraction of sp³-hybridized carbons (Fsp3) is 0.462. The molecule has 1 amide bonds. The van der Waals surface area contributed by atoms with E-state index < -0.39 is 5.97 Å². The number of nitrogens with one attached hydrogen (secondary N) is 1. The SMILES string of the molecule is O=C(O)c1cnccc1C(=O)NCC1CCCC1. The van der Waals surface area contributed by atoms with Gasteiger partial charge in [0.05, 0.1) is 11.1 Å². The van der Waals surface area contributed by atoms with Crippen molar-refractivity contribution in [3.05, 3.63) is 29.6 Å². The number of carboxylic acid groups (broad SMARTS) is 1. The summed E-state index contributed by atoms with van der Waals surface area (Å²) >= 11 is 0. The Labute approximate surface area is 105 Å². The van der Waals surface area contributed by atoms with Crippen molar-refractivity contribution in [2.75, 3.05) is 6.54 Å². The lowest BCUT2D eigenvalue weighted by Gasteiger charge is -2.11. The van der Waals surface area contributed by atoms with Crippen LogP contribution in [-0.2, 0) is 0 Å². The molecule has 2 rings (SSSR count). The van der Waals surface area contributed by atoms with Gasteiger partial charge in [-0.15, -0.1) is 0 Å². The standard InChI is InChI=1S/C13H16N2O3/c16-12(15-7-9-3-1-2-4-9)10-5-6-14-8-11(10)13(17)18/h5-6,8-9H,1-4,7H2,(H,15,16)(H,17,18). The molecular formula is C13H16N2O3. The highest BCUT2D eigenvalue weighted by Crippen LogP contribution is 2.23.